The van der Waals surface area contributed by atoms with E-state index in [1.807, 2.05) is 20.8 Å². The van der Waals surface area contributed by atoms with E-state index in [1.165, 1.54) is 6.07 Å². The van der Waals surface area contributed by atoms with Gasteiger partial charge < -0.3 is 9.84 Å². The number of benzene rings is 1. The van der Waals surface area contributed by atoms with Crippen LogP contribution in [0.4, 0.5) is 16.0 Å². The smallest absolute Gasteiger partial charge is 0.246 e. The van der Waals surface area contributed by atoms with Crippen LogP contribution in [0.15, 0.2) is 28.8 Å². The molecule has 1 aromatic heterocycles. The first-order valence-electron chi connectivity index (χ1n) is 7.03. The Kier molecular flexibility index (Phi) is 4.49. The fourth-order valence-electron chi connectivity index (χ4n) is 1.75. The normalized spacial score (nSPS) is 11.3. The quantitative estimate of drug-likeness (QED) is 0.907. The zero-order valence-electron chi connectivity index (χ0n) is 13.2. The van der Waals surface area contributed by atoms with Gasteiger partial charge in [0.25, 0.3) is 0 Å². The van der Waals surface area contributed by atoms with E-state index < -0.39 is 0 Å². The number of halogens is 1. The summed E-state index contributed by atoms with van der Waals surface area (Å²) < 4.78 is 18.5. The van der Waals surface area contributed by atoms with Crippen molar-refractivity contribution >= 4 is 17.5 Å². The average Bonchev–Trinajstić information content (AvgIpc) is 2.88. The SMILES string of the molecule is Cc1ccc(NCC(=O)Nc2cc(C(C)(C)C)no2)cc1F. The number of hydrogen-bond acceptors (Lipinski definition) is 4. The highest BCUT2D eigenvalue weighted by atomic mass is 19.1. The molecule has 1 aromatic carbocycles. The molecule has 2 aromatic rings. The minimum absolute atomic E-state index is 0.00799. The third kappa shape index (κ3) is 4.07. The van der Waals surface area contributed by atoms with Gasteiger partial charge in [0.2, 0.25) is 11.8 Å². The lowest BCUT2D eigenvalue weighted by Gasteiger charge is -2.12. The van der Waals surface area contributed by atoms with Gasteiger partial charge in [-0.05, 0) is 24.6 Å². The Morgan fingerprint density at radius 2 is 2.05 bits per heavy atom. The number of nitrogens with one attached hydrogen (secondary N) is 2. The van der Waals surface area contributed by atoms with Crippen LogP contribution in [-0.4, -0.2) is 17.6 Å². The number of aryl methyl sites for hydroxylation is 1. The number of nitrogens with zero attached hydrogens (tertiary/aromatic N) is 1. The minimum Gasteiger partial charge on any atom is -0.376 e. The molecule has 1 amide bonds. The fraction of sp³-hybridized carbons (Fsp3) is 0.375. The van der Waals surface area contributed by atoms with Crippen LogP contribution in [-0.2, 0) is 10.2 Å². The molecule has 0 radical (unpaired) electrons. The van der Waals surface area contributed by atoms with Crippen molar-refractivity contribution in [1.82, 2.24) is 5.16 Å². The Labute approximate surface area is 128 Å². The van der Waals surface area contributed by atoms with E-state index >= 15 is 0 Å². The van der Waals surface area contributed by atoms with E-state index in [2.05, 4.69) is 15.8 Å². The van der Waals surface area contributed by atoms with Crippen LogP contribution >= 0.6 is 0 Å². The standard InChI is InChI=1S/C16H20FN3O2/c1-10-5-6-11(7-12(10)17)18-9-14(21)19-15-8-13(20-22-15)16(2,3)4/h5-8,18H,9H2,1-4H3,(H,19,21). The molecule has 0 atom stereocenters. The number of aromatic nitrogens is 1. The highest BCUT2D eigenvalue weighted by molar-refractivity contribution is 5.92. The first-order valence-corrected chi connectivity index (χ1v) is 7.03. The topological polar surface area (TPSA) is 67.2 Å². The van der Waals surface area contributed by atoms with Crippen LogP contribution in [0.3, 0.4) is 0 Å². The summed E-state index contributed by atoms with van der Waals surface area (Å²) in [6.45, 7) is 7.70. The van der Waals surface area contributed by atoms with Crippen molar-refractivity contribution in [2.75, 3.05) is 17.2 Å². The van der Waals surface area contributed by atoms with Gasteiger partial charge in [-0.2, -0.15) is 0 Å². The van der Waals surface area contributed by atoms with Gasteiger partial charge in [0.05, 0.1) is 12.2 Å². The highest BCUT2D eigenvalue weighted by Gasteiger charge is 2.19. The zero-order valence-corrected chi connectivity index (χ0v) is 13.2. The molecule has 0 fully saturated rings. The molecule has 0 aliphatic heterocycles. The second-order valence-electron chi connectivity index (χ2n) is 6.19. The van der Waals surface area contributed by atoms with Crippen molar-refractivity contribution in [3.63, 3.8) is 0 Å². The van der Waals surface area contributed by atoms with Crippen molar-refractivity contribution < 1.29 is 13.7 Å². The summed E-state index contributed by atoms with van der Waals surface area (Å²) in [5.74, 6) is -0.306. The van der Waals surface area contributed by atoms with E-state index in [9.17, 15) is 9.18 Å². The number of rotatable bonds is 4. The molecule has 0 aliphatic carbocycles. The number of anilines is 2. The van der Waals surface area contributed by atoms with Crippen LogP contribution in [0.2, 0.25) is 0 Å². The summed E-state index contributed by atoms with van der Waals surface area (Å²) >= 11 is 0. The number of amides is 1. The molecule has 5 nitrogen and oxygen atoms in total. The molecule has 0 spiro atoms. The maximum atomic E-state index is 13.4. The lowest BCUT2D eigenvalue weighted by atomic mass is 9.92. The first kappa shape index (κ1) is 16.0. The van der Waals surface area contributed by atoms with Gasteiger partial charge in [0.15, 0.2) is 0 Å². The summed E-state index contributed by atoms with van der Waals surface area (Å²) in [6.07, 6.45) is 0. The molecule has 2 rings (SSSR count). The summed E-state index contributed by atoms with van der Waals surface area (Å²) in [5, 5.41) is 9.38. The van der Waals surface area contributed by atoms with E-state index in [0.29, 0.717) is 17.1 Å². The Morgan fingerprint density at radius 3 is 2.64 bits per heavy atom. The second kappa shape index (κ2) is 6.17. The molecule has 0 unspecified atom stereocenters. The number of carbonyl (C=O) groups excluding carboxylic acids is 1. The summed E-state index contributed by atoms with van der Waals surface area (Å²) in [6, 6.07) is 6.43. The minimum atomic E-state index is -0.310. The molecule has 0 bridgehead atoms. The Balaban J connectivity index is 1.90. The molecule has 1 heterocycles. The fourth-order valence-corrected chi connectivity index (χ4v) is 1.75. The molecule has 0 saturated heterocycles. The summed E-state index contributed by atoms with van der Waals surface area (Å²) in [5.41, 5.74) is 1.72. The van der Waals surface area contributed by atoms with Crippen LogP contribution in [0.5, 0.6) is 0 Å². The Hall–Kier alpha value is -2.37. The van der Waals surface area contributed by atoms with Gasteiger partial charge in [-0.15, -0.1) is 0 Å². The van der Waals surface area contributed by atoms with Crippen molar-refractivity contribution in [2.45, 2.75) is 33.1 Å². The van der Waals surface area contributed by atoms with Crippen molar-refractivity contribution in [3.05, 3.63) is 41.3 Å². The van der Waals surface area contributed by atoms with E-state index in [4.69, 9.17) is 4.52 Å². The molecule has 2 N–H and O–H groups in total. The van der Waals surface area contributed by atoms with Gasteiger partial charge in [-0.1, -0.05) is 32.0 Å². The lowest BCUT2D eigenvalue weighted by Crippen LogP contribution is -2.21. The molecule has 22 heavy (non-hydrogen) atoms. The van der Waals surface area contributed by atoms with Gasteiger partial charge in [0, 0.05) is 17.2 Å². The van der Waals surface area contributed by atoms with Crippen LogP contribution < -0.4 is 10.6 Å². The lowest BCUT2D eigenvalue weighted by molar-refractivity contribution is -0.114. The van der Waals surface area contributed by atoms with Crippen LogP contribution in [0.1, 0.15) is 32.0 Å². The van der Waals surface area contributed by atoms with Crippen LogP contribution in [0, 0.1) is 12.7 Å². The van der Waals surface area contributed by atoms with Crippen molar-refractivity contribution in [2.24, 2.45) is 0 Å². The predicted molar refractivity (Wildman–Crippen MR) is 83.5 cm³/mol. The molecule has 118 valence electrons. The Morgan fingerprint density at radius 1 is 1.32 bits per heavy atom. The molecular formula is C16H20FN3O2. The van der Waals surface area contributed by atoms with E-state index in [-0.39, 0.29) is 23.7 Å². The van der Waals surface area contributed by atoms with Gasteiger partial charge >= 0.3 is 0 Å². The second-order valence-corrected chi connectivity index (χ2v) is 6.19. The monoisotopic (exact) mass is 305 g/mol. The number of hydrogen-bond donors (Lipinski definition) is 2. The van der Waals surface area contributed by atoms with Crippen molar-refractivity contribution in [3.8, 4) is 0 Å². The molecular weight excluding hydrogens is 285 g/mol. The largest absolute Gasteiger partial charge is 0.376 e. The summed E-state index contributed by atoms with van der Waals surface area (Å²) in [4.78, 5) is 11.8. The first-order chi connectivity index (χ1) is 10.3. The summed E-state index contributed by atoms with van der Waals surface area (Å²) in [7, 11) is 0. The number of carbonyl (C=O) groups is 1. The van der Waals surface area contributed by atoms with E-state index in [0.717, 1.165) is 5.69 Å². The maximum Gasteiger partial charge on any atom is 0.246 e. The predicted octanol–water partition coefficient (Wildman–Crippen LogP) is 3.47. The van der Waals surface area contributed by atoms with E-state index in [1.54, 1.807) is 25.1 Å². The highest BCUT2D eigenvalue weighted by Crippen LogP contribution is 2.23. The maximum absolute atomic E-state index is 13.4. The van der Waals surface area contributed by atoms with Crippen molar-refractivity contribution in [1.29, 1.82) is 0 Å². The molecule has 6 heteroatoms. The van der Waals surface area contributed by atoms with Gasteiger partial charge in [-0.25, -0.2) is 4.39 Å². The zero-order chi connectivity index (χ0) is 16.3. The average molecular weight is 305 g/mol. The van der Waals surface area contributed by atoms with Crippen LogP contribution in [0.25, 0.3) is 0 Å². The molecule has 0 aliphatic rings. The third-order valence-electron chi connectivity index (χ3n) is 3.17. The third-order valence-corrected chi connectivity index (χ3v) is 3.17. The molecule has 0 saturated carbocycles. The van der Waals surface area contributed by atoms with Gasteiger partial charge in [0.1, 0.15) is 5.82 Å². The van der Waals surface area contributed by atoms with Gasteiger partial charge in [-0.3, -0.25) is 10.1 Å². The Bertz CT molecular complexity index is 674.